The Morgan fingerprint density at radius 2 is 2.16 bits per heavy atom. The minimum atomic E-state index is -4.26. The summed E-state index contributed by atoms with van der Waals surface area (Å²) < 4.78 is 36.3. The highest BCUT2D eigenvalue weighted by Crippen LogP contribution is 2.20. The second-order valence-corrected chi connectivity index (χ2v) is 4.05. The molecular weight excluding hydrogens is 259 g/mol. The largest absolute Gasteiger partial charge is 0.390 e. The van der Waals surface area contributed by atoms with E-state index in [2.05, 4.69) is 10.3 Å². The first-order valence-corrected chi connectivity index (χ1v) is 5.85. The molecule has 1 aromatic rings. The van der Waals surface area contributed by atoms with Crippen LogP contribution in [0.4, 0.5) is 19.0 Å². The van der Waals surface area contributed by atoms with E-state index in [1.54, 1.807) is 0 Å². The number of hydrogen-bond donors (Lipinski definition) is 1. The van der Waals surface area contributed by atoms with E-state index in [0.717, 1.165) is 4.90 Å². The van der Waals surface area contributed by atoms with Gasteiger partial charge in [-0.15, -0.1) is 0 Å². The van der Waals surface area contributed by atoms with Crippen LogP contribution in [0.1, 0.15) is 23.7 Å². The van der Waals surface area contributed by atoms with Gasteiger partial charge in [-0.1, -0.05) is 0 Å². The zero-order valence-electron chi connectivity index (χ0n) is 10.8. The fraction of sp³-hybridized carbons (Fsp3) is 0.500. The van der Waals surface area contributed by atoms with E-state index in [1.807, 2.05) is 6.92 Å². The third-order valence-corrected chi connectivity index (χ3v) is 2.44. The number of anilines is 1. The molecule has 0 saturated heterocycles. The van der Waals surface area contributed by atoms with Crippen molar-refractivity contribution in [3.8, 4) is 0 Å². The summed E-state index contributed by atoms with van der Waals surface area (Å²) >= 11 is 0. The topological polar surface area (TPSA) is 45.2 Å². The van der Waals surface area contributed by atoms with E-state index in [4.69, 9.17) is 0 Å². The van der Waals surface area contributed by atoms with Crippen LogP contribution in [0.15, 0.2) is 18.3 Å². The molecule has 0 unspecified atom stereocenters. The molecule has 7 heteroatoms. The number of aromatic nitrogens is 1. The van der Waals surface area contributed by atoms with E-state index in [-0.39, 0.29) is 6.54 Å². The van der Waals surface area contributed by atoms with Crippen LogP contribution < -0.4 is 5.32 Å². The molecule has 0 aromatic carbocycles. The Balaban J connectivity index is 2.68. The van der Waals surface area contributed by atoms with Gasteiger partial charge < -0.3 is 10.2 Å². The van der Waals surface area contributed by atoms with Crippen LogP contribution in [-0.2, 0) is 0 Å². The van der Waals surface area contributed by atoms with Gasteiger partial charge in [0.2, 0.25) is 0 Å². The number of nitrogens with zero attached hydrogens (tertiary/aromatic N) is 2. The number of amides is 1. The predicted octanol–water partition coefficient (Wildman–Crippen LogP) is 2.54. The standard InChI is InChI=1S/C12H16F3N3O/c1-3-16-10-8-9(4-6-17-10)11(19)18(2)7-5-12(13,14)15/h4,6,8H,3,5,7H2,1-2H3,(H,16,17). The second kappa shape index (κ2) is 6.40. The molecule has 0 spiro atoms. The van der Waals surface area contributed by atoms with E-state index < -0.39 is 18.5 Å². The van der Waals surface area contributed by atoms with Gasteiger partial charge >= 0.3 is 6.18 Å². The van der Waals surface area contributed by atoms with Crippen molar-refractivity contribution < 1.29 is 18.0 Å². The van der Waals surface area contributed by atoms with Crippen molar-refractivity contribution in [1.29, 1.82) is 0 Å². The van der Waals surface area contributed by atoms with Crippen LogP contribution in [0.25, 0.3) is 0 Å². The Morgan fingerprint density at radius 1 is 1.47 bits per heavy atom. The Kier molecular flexibility index (Phi) is 5.14. The molecule has 1 rings (SSSR count). The van der Waals surface area contributed by atoms with E-state index in [1.165, 1.54) is 25.4 Å². The van der Waals surface area contributed by atoms with Crippen molar-refractivity contribution in [2.75, 3.05) is 25.5 Å². The summed E-state index contributed by atoms with van der Waals surface area (Å²) in [5.74, 6) is 0.0726. The molecule has 1 N–H and O–H groups in total. The summed E-state index contributed by atoms with van der Waals surface area (Å²) in [5.41, 5.74) is 0.315. The minimum absolute atomic E-state index is 0.315. The van der Waals surface area contributed by atoms with Crippen LogP contribution in [0.5, 0.6) is 0 Å². The molecule has 0 atom stereocenters. The fourth-order valence-corrected chi connectivity index (χ4v) is 1.46. The first-order chi connectivity index (χ1) is 8.83. The lowest BCUT2D eigenvalue weighted by atomic mass is 10.2. The molecule has 0 radical (unpaired) electrons. The number of nitrogens with one attached hydrogen (secondary N) is 1. The smallest absolute Gasteiger partial charge is 0.370 e. The number of hydrogen-bond acceptors (Lipinski definition) is 3. The van der Waals surface area contributed by atoms with Crippen molar-refractivity contribution in [1.82, 2.24) is 9.88 Å². The molecule has 19 heavy (non-hydrogen) atoms. The predicted molar refractivity (Wildman–Crippen MR) is 66.0 cm³/mol. The number of rotatable bonds is 5. The van der Waals surface area contributed by atoms with Gasteiger partial charge in [-0.3, -0.25) is 4.79 Å². The maximum absolute atomic E-state index is 12.1. The zero-order valence-corrected chi connectivity index (χ0v) is 10.8. The summed E-state index contributed by atoms with van der Waals surface area (Å²) in [7, 11) is 1.35. The summed E-state index contributed by atoms with van der Waals surface area (Å²) in [4.78, 5) is 17.0. The van der Waals surface area contributed by atoms with Crippen LogP contribution in [0.2, 0.25) is 0 Å². The lowest BCUT2D eigenvalue weighted by Gasteiger charge is -2.18. The third-order valence-electron chi connectivity index (χ3n) is 2.44. The normalized spacial score (nSPS) is 11.2. The van der Waals surface area contributed by atoms with Crippen molar-refractivity contribution in [3.05, 3.63) is 23.9 Å². The van der Waals surface area contributed by atoms with Gasteiger partial charge in [0.1, 0.15) is 5.82 Å². The molecule has 0 bridgehead atoms. The minimum Gasteiger partial charge on any atom is -0.370 e. The summed E-state index contributed by atoms with van der Waals surface area (Å²) in [6, 6.07) is 3.00. The Morgan fingerprint density at radius 3 is 2.74 bits per heavy atom. The molecular formula is C12H16F3N3O. The SMILES string of the molecule is CCNc1cc(C(=O)N(C)CCC(F)(F)F)ccn1. The van der Waals surface area contributed by atoms with Crippen LogP contribution in [-0.4, -0.2) is 42.1 Å². The molecule has 0 fully saturated rings. The van der Waals surface area contributed by atoms with Crippen LogP contribution in [0.3, 0.4) is 0 Å². The van der Waals surface area contributed by atoms with E-state index in [0.29, 0.717) is 17.9 Å². The van der Waals surface area contributed by atoms with Gasteiger partial charge in [-0.05, 0) is 19.1 Å². The van der Waals surface area contributed by atoms with Crippen LogP contribution >= 0.6 is 0 Å². The summed E-state index contributed by atoms with van der Waals surface area (Å²) in [5, 5.41) is 2.94. The van der Waals surface area contributed by atoms with Gasteiger partial charge in [0.25, 0.3) is 5.91 Å². The molecule has 0 aliphatic heterocycles. The molecule has 1 amide bonds. The highest BCUT2D eigenvalue weighted by Gasteiger charge is 2.28. The Labute approximate surface area is 109 Å². The van der Waals surface area contributed by atoms with Gasteiger partial charge in [-0.25, -0.2) is 4.98 Å². The Hall–Kier alpha value is -1.79. The maximum Gasteiger partial charge on any atom is 0.390 e. The lowest BCUT2D eigenvalue weighted by Crippen LogP contribution is -2.30. The Bertz CT molecular complexity index is 434. The average Bonchev–Trinajstić information content (AvgIpc) is 2.35. The monoisotopic (exact) mass is 275 g/mol. The second-order valence-electron chi connectivity index (χ2n) is 4.05. The molecule has 4 nitrogen and oxygen atoms in total. The zero-order chi connectivity index (χ0) is 14.5. The van der Waals surface area contributed by atoms with Gasteiger partial charge in [-0.2, -0.15) is 13.2 Å². The van der Waals surface area contributed by atoms with Gasteiger partial charge in [0.05, 0.1) is 6.42 Å². The van der Waals surface area contributed by atoms with Crippen molar-refractivity contribution in [2.45, 2.75) is 19.5 Å². The molecule has 106 valence electrons. The van der Waals surface area contributed by atoms with Crippen LogP contribution in [0, 0.1) is 0 Å². The number of halogens is 3. The molecule has 0 saturated carbocycles. The first kappa shape index (κ1) is 15.3. The first-order valence-electron chi connectivity index (χ1n) is 5.85. The lowest BCUT2D eigenvalue weighted by molar-refractivity contribution is -0.136. The summed E-state index contributed by atoms with van der Waals surface area (Å²) in [6.07, 6.45) is -3.83. The quantitative estimate of drug-likeness (QED) is 0.898. The fourth-order valence-electron chi connectivity index (χ4n) is 1.46. The molecule has 0 aliphatic carbocycles. The number of carbonyl (C=O) groups is 1. The highest BCUT2D eigenvalue weighted by atomic mass is 19.4. The highest BCUT2D eigenvalue weighted by molar-refractivity contribution is 5.94. The van der Waals surface area contributed by atoms with Crippen molar-refractivity contribution >= 4 is 11.7 Å². The van der Waals surface area contributed by atoms with E-state index >= 15 is 0 Å². The van der Waals surface area contributed by atoms with Gasteiger partial charge in [0.15, 0.2) is 0 Å². The number of pyridine rings is 1. The number of carbonyl (C=O) groups excluding carboxylic acids is 1. The summed E-state index contributed by atoms with van der Waals surface area (Å²) in [6.45, 7) is 2.17. The number of alkyl halides is 3. The average molecular weight is 275 g/mol. The van der Waals surface area contributed by atoms with E-state index in [9.17, 15) is 18.0 Å². The van der Waals surface area contributed by atoms with Gasteiger partial charge in [0, 0.05) is 31.9 Å². The third kappa shape index (κ3) is 5.15. The van der Waals surface area contributed by atoms with Crippen molar-refractivity contribution in [3.63, 3.8) is 0 Å². The molecule has 1 aromatic heterocycles. The maximum atomic E-state index is 12.1. The molecule has 0 aliphatic rings. The molecule has 1 heterocycles. The van der Waals surface area contributed by atoms with Crippen molar-refractivity contribution in [2.24, 2.45) is 0 Å².